The summed E-state index contributed by atoms with van der Waals surface area (Å²) in [7, 11) is 0. The number of carbonyl (C=O) groups is 2. The smallest absolute Gasteiger partial charge is 0.310 e. The minimum absolute atomic E-state index is 0.0214. The van der Waals surface area contributed by atoms with E-state index in [0.717, 1.165) is 19.3 Å². The highest BCUT2D eigenvalue weighted by molar-refractivity contribution is 5.84. The quantitative estimate of drug-likeness (QED) is 0.612. The van der Waals surface area contributed by atoms with Crippen molar-refractivity contribution < 1.29 is 14.7 Å². The first-order valence-electron chi connectivity index (χ1n) is 5.99. The zero-order chi connectivity index (χ0) is 12.5. The van der Waals surface area contributed by atoms with E-state index >= 15 is 0 Å². The van der Waals surface area contributed by atoms with Crippen LogP contribution in [0.2, 0.25) is 0 Å². The Hall–Kier alpha value is -1.36. The largest absolute Gasteiger partial charge is 0.481 e. The number of nitrogens with two attached hydrogens (primary N) is 1. The number of carboxylic acids is 1. The van der Waals surface area contributed by atoms with Crippen LogP contribution in [0.5, 0.6) is 0 Å². The van der Waals surface area contributed by atoms with Crippen LogP contribution in [0, 0.1) is 11.3 Å². The zero-order valence-electron chi connectivity index (χ0n) is 9.69. The Bertz CT molecular complexity index is 355. The molecule has 5 nitrogen and oxygen atoms in total. The van der Waals surface area contributed by atoms with E-state index in [0.29, 0.717) is 13.0 Å². The molecule has 1 saturated carbocycles. The highest BCUT2D eigenvalue weighted by Gasteiger charge is 2.43. The molecule has 1 fully saturated rings. The molecular formula is C12H18N2O3. The molecule has 1 amide bonds. The van der Waals surface area contributed by atoms with E-state index in [1.165, 1.54) is 0 Å². The van der Waals surface area contributed by atoms with Crippen LogP contribution in [-0.2, 0) is 9.59 Å². The van der Waals surface area contributed by atoms with Gasteiger partial charge in [0.15, 0.2) is 0 Å². The van der Waals surface area contributed by atoms with E-state index in [-0.39, 0.29) is 11.9 Å². The fraction of sp³-hybridized carbons (Fsp3) is 0.667. The normalized spacial score (nSPS) is 29.7. The predicted molar refractivity (Wildman–Crippen MR) is 62.2 cm³/mol. The molecule has 0 saturated heterocycles. The van der Waals surface area contributed by atoms with Gasteiger partial charge >= 0.3 is 5.97 Å². The van der Waals surface area contributed by atoms with Crippen LogP contribution in [0.4, 0.5) is 0 Å². The van der Waals surface area contributed by atoms with Crippen LogP contribution in [0.1, 0.15) is 25.7 Å². The lowest BCUT2D eigenvalue weighted by atomic mass is 9.68. The van der Waals surface area contributed by atoms with Crippen molar-refractivity contribution in [3.8, 4) is 0 Å². The fourth-order valence-electron chi connectivity index (χ4n) is 2.44. The minimum Gasteiger partial charge on any atom is -0.481 e. The summed E-state index contributed by atoms with van der Waals surface area (Å²) < 4.78 is 0. The van der Waals surface area contributed by atoms with Crippen molar-refractivity contribution in [1.82, 2.24) is 5.32 Å². The topological polar surface area (TPSA) is 92.4 Å². The van der Waals surface area contributed by atoms with Crippen molar-refractivity contribution in [2.45, 2.75) is 31.7 Å². The standard InChI is InChI=1S/C12H18N2O3/c13-7-12(4-1-5-12)11(17)14-9-3-2-8(6-9)10(15)16/h2-3,8-9H,1,4-7,13H2,(H,14,17)(H,15,16). The van der Waals surface area contributed by atoms with Gasteiger partial charge in [0.05, 0.1) is 11.3 Å². The number of nitrogens with one attached hydrogen (secondary N) is 1. The first kappa shape index (κ1) is 12.1. The van der Waals surface area contributed by atoms with Crippen LogP contribution < -0.4 is 11.1 Å². The molecular weight excluding hydrogens is 220 g/mol. The monoisotopic (exact) mass is 238 g/mol. The summed E-state index contributed by atoms with van der Waals surface area (Å²) in [6.45, 7) is 0.373. The molecule has 4 N–H and O–H groups in total. The van der Waals surface area contributed by atoms with Gasteiger partial charge < -0.3 is 16.2 Å². The Kier molecular flexibility index (Phi) is 3.19. The molecule has 2 atom stereocenters. The summed E-state index contributed by atoms with van der Waals surface area (Å²) in [6.07, 6.45) is 6.58. The molecule has 0 heterocycles. The van der Waals surface area contributed by atoms with Crippen LogP contribution in [0.3, 0.4) is 0 Å². The van der Waals surface area contributed by atoms with Gasteiger partial charge in [-0.1, -0.05) is 18.6 Å². The number of carboxylic acid groups (broad SMARTS) is 1. The minimum atomic E-state index is -0.838. The summed E-state index contributed by atoms with van der Waals surface area (Å²) >= 11 is 0. The van der Waals surface area contributed by atoms with Crippen molar-refractivity contribution in [3.63, 3.8) is 0 Å². The molecule has 2 aliphatic carbocycles. The van der Waals surface area contributed by atoms with E-state index in [1.54, 1.807) is 12.2 Å². The summed E-state index contributed by atoms with van der Waals surface area (Å²) in [6, 6.07) is -0.160. The molecule has 94 valence electrons. The molecule has 17 heavy (non-hydrogen) atoms. The average molecular weight is 238 g/mol. The lowest BCUT2D eigenvalue weighted by molar-refractivity contribution is -0.141. The molecule has 0 spiro atoms. The second-order valence-electron chi connectivity index (χ2n) is 4.98. The summed E-state index contributed by atoms with van der Waals surface area (Å²) in [5.74, 6) is -1.34. The number of amides is 1. The highest BCUT2D eigenvalue weighted by atomic mass is 16.4. The maximum absolute atomic E-state index is 12.0. The van der Waals surface area contributed by atoms with Gasteiger partial charge in [-0.2, -0.15) is 0 Å². The third kappa shape index (κ3) is 2.20. The van der Waals surface area contributed by atoms with Crippen molar-refractivity contribution in [2.75, 3.05) is 6.54 Å². The summed E-state index contributed by atoms with van der Waals surface area (Å²) in [4.78, 5) is 22.8. The SMILES string of the molecule is NCC1(C(=O)NC2C=CC(C(=O)O)C2)CCC1. The van der Waals surface area contributed by atoms with Crippen molar-refractivity contribution in [3.05, 3.63) is 12.2 Å². The second-order valence-corrected chi connectivity index (χ2v) is 4.98. The van der Waals surface area contributed by atoms with Crippen LogP contribution in [0.15, 0.2) is 12.2 Å². The van der Waals surface area contributed by atoms with Crippen molar-refractivity contribution in [2.24, 2.45) is 17.1 Å². The van der Waals surface area contributed by atoms with E-state index in [4.69, 9.17) is 10.8 Å². The van der Waals surface area contributed by atoms with Crippen LogP contribution in [0.25, 0.3) is 0 Å². The van der Waals surface area contributed by atoms with E-state index < -0.39 is 17.3 Å². The van der Waals surface area contributed by atoms with Gasteiger partial charge in [-0.25, -0.2) is 0 Å². The predicted octanol–water partition coefficient (Wildman–Crippen LogP) is 0.261. The third-order valence-corrected chi connectivity index (χ3v) is 3.90. The number of carbonyl (C=O) groups excluding carboxylic acids is 1. The lowest BCUT2D eigenvalue weighted by Crippen LogP contribution is -2.52. The van der Waals surface area contributed by atoms with Crippen LogP contribution in [-0.4, -0.2) is 29.6 Å². The number of rotatable bonds is 4. The average Bonchev–Trinajstić information content (AvgIpc) is 2.65. The van der Waals surface area contributed by atoms with Crippen molar-refractivity contribution >= 4 is 11.9 Å². The number of aliphatic carboxylic acids is 1. The second kappa shape index (κ2) is 4.49. The Morgan fingerprint density at radius 2 is 2.12 bits per heavy atom. The highest BCUT2D eigenvalue weighted by Crippen LogP contribution is 2.40. The lowest BCUT2D eigenvalue weighted by Gasteiger charge is -2.39. The van der Waals surface area contributed by atoms with Gasteiger partial charge in [0.1, 0.15) is 0 Å². The summed E-state index contributed by atoms with van der Waals surface area (Å²) in [5, 5.41) is 11.7. The first-order chi connectivity index (χ1) is 8.07. The Labute approximate surface area is 100 Å². The fourth-order valence-corrected chi connectivity index (χ4v) is 2.44. The molecule has 2 unspecified atom stereocenters. The van der Waals surface area contributed by atoms with E-state index in [1.807, 2.05) is 0 Å². The Morgan fingerprint density at radius 3 is 2.53 bits per heavy atom. The van der Waals surface area contributed by atoms with Crippen LogP contribution >= 0.6 is 0 Å². The molecule has 2 rings (SSSR count). The Morgan fingerprint density at radius 1 is 1.41 bits per heavy atom. The van der Waals surface area contributed by atoms with Gasteiger partial charge in [-0.3, -0.25) is 9.59 Å². The summed E-state index contributed by atoms with van der Waals surface area (Å²) in [5.41, 5.74) is 5.25. The molecule has 5 heteroatoms. The third-order valence-electron chi connectivity index (χ3n) is 3.90. The number of hydrogen-bond acceptors (Lipinski definition) is 3. The van der Waals surface area contributed by atoms with Gasteiger partial charge in [0.25, 0.3) is 0 Å². The van der Waals surface area contributed by atoms with E-state index in [2.05, 4.69) is 5.32 Å². The van der Waals surface area contributed by atoms with Gasteiger partial charge in [-0.15, -0.1) is 0 Å². The maximum Gasteiger partial charge on any atom is 0.310 e. The molecule has 0 aliphatic heterocycles. The van der Waals surface area contributed by atoms with Crippen molar-refractivity contribution in [1.29, 1.82) is 0 Å². The van der Waals surface area contributed by atoms with Gasteiger partial charge in [0, 0.05) is 12.6 Å². The molecule has 0 radical (unpaired) electrons. The Balaban J connectivity index is 1.89. The zero-order valence-corrected chi connectivity index (χ0v) is 9.69. The van der Waals surface area contributed by atoms with E-state index in [9.17, 15) is 9.59 Å². The maximum atomic E-state index is 12.0. The molecule has 2 aliphatic rings. The molecule has 0 bridgehead atoms. The molecule has 0 aromatic carbocycles. The van der Waals surface area contributed by atoms with Gasteiger partial charge in [0.2, 0.25) is 5.91 Å². The van der Waals surface area contributed by atoms with Gasteiger partial charge in [-0.05, 0) is 19.3 Å². The first-order valence-corrected chi connectivity index (χ1v) is 5.99. The molecule has 0 aromatic heterocycles. The molecule has 0 aromatic rings. The number of hydrogen-bond donors (Lipinski definition) is 3.